The summed E-state index contributed by atoms with van der Waals surface area (Å²) in [6.07, 6.45) is 8.68. The highest BCUT2D eigenvalue weighted by atomic mass is 32.2. The van der Waals surface area contributed by atoms with Crippen LogP contribution in [0.1, 0.15) is 31.2 Å². The fourth-order valence-corrected chi connectivity index (χ4v) is 5.06. The Kier molecular flexibility index (Phi) is 4.01. The van der Waals surface area contributed by atoms with Gasteiger partial charge in [-0.05, 0) is 30.9 Å². The second-order valence-corrected chi connectivity index (χ2v) is 7.55. The zero-order chi connectivity index (χ0) is 15.8. The third-order valence-corrected chi connectivity index (χ3v) is 6.21. The van der Waals surface area contributed by atoms with Crippen molar-refractivity contribution >= 4 is 29.3 Å². The number of hydrogen-bond acceptors (Lipinski definition) is 4. The van der Waals surface area contributed by atoms with E-state index >= 15 is 0 Å². The van der Waals surface area contributed by atoms with Crippen LogP contribution in [0.2, 0.25) is 0 Å². The van der Waals surface area contributed by atoms with Gasteiger partial charge in [0.1, 0.15) is 6.04 Å². The van der Waals surface area contributed by atoms with Crippen LogP contribution in [-0.2, 0) is 16.0 Å². The van der Waals surface area contributed by atoms with Crippen LogP contribution in [0.3, 0.4) is 0 Å². The Hall–Kier alpha value is -1.56. The molecule has 2 fully saturated rings. The zero-order valence-corrected chi connectivity index (χ0v) is 13.9. The maximum absolute atomic E-state index is 13.0. The Labute approximate surface area is 140 Å². The Balaban J connectivity index is 1.52. The van der Waals surface area contributed by atoms with Crippen LogP contribution >= 0.6 is 11.8 Å². The predicted molar refractivity (Wildman–Crippen MR) is 90.2 cm³/mol. The monoisotopic (exact) mass is 331 g/mol. The maximum atomic E-state index is 13.0. The molecule has 1 atom stereocenters. The van der Waals surface area contributed by atoms with Crippen LogP contribution in [0.4, 0.5) is 5.69 Å². The van der Waals surface area contributed by atoms with Crippen molar-refractivity contribution in [3.05, 3.63) is 24.0 Å². The highest BCUT2D eigenvalue weighted by Crippen LogP contribution is 2.33. The summed E-state index contributed by atoms with van der Waals surface area (Å²) in [4.78, 5) is 33.6. The van der Waals surface area contributed by atoms with E-state index in [4.69, 9.17) is 0 Å². The molecule has 0 bridgehead atoms. The van der Waals surface area contributed by atoms with E-state index < -0.39 is 0 Å². The molecule has 1 aliphatic carbocycles. The van der Waals surface area contributed by atoms with Crippen molar-refractivity contribution in [2.24, 2.45) is 5.92 Å². The fourth-order valence-electron chi connectivity index (χ4n) is 3.91. The van der Waals surface area contributed by atoms with E-state index in [2.05, 4.69) is 4.98 Å². The van der Waals surface area contributed by atoms with E-state index in [1.165, 1.54) is 0 Å². The third kappa shape index (κ3) is 2.63. The lowest BCUT2D eigenvalue weighted by molar-refractivity contribution is -0.140. The normalized spacial score (nSPS) is 24.3. The van der Waals surface area contributed by atoms with E-state index in [9.17, 15) is 9.59 Å². The van der Waals surface area contributed by atoms with Crippen molar-refractivity contribution < 1.29 is 9.59 Å². The smallest absolute Gasteiger partial charge is 0.250 e. The van der Waals surface area contributed by atoms with Crippen molar-refractivity contribution in [3.8, 4) is 0 Å². The van der Waals surface area contributed by atoms with Crippen molar-refractivity contribution in [1.29, 1.82) is 0 Å². The first kappa shape index (κ1) is 15.0. The van der Waals surface area contributed by atoms with Gasteiger partial charge in [0.2, 0.25) is 5.91 Å². The summed E-state index contributed by atoms with van der Waals surface area (Å²) in [6, 6.07) is 1.61. The predicted octanol–water partition coefficient (Wildman–Crippen LogP) is 2.06. The summed E-state index contributed by atoms with van der Waals surface area (Å²) in [6.45, 7) is 0.701. The number of carbonyl (C=O) groups is 2. The quantitative estimate of drug-likeness (QED) is 0.832. The highest BCUT2D eigenvalue weighted by Gasteiger charge is 2.41. The van der Waals surface area contributed by atoms with Crippen LogP contribution in [0.5, 0.6) is 0 Å². The largest absolute Gasteiger partial charge is 0.320 e. The molecule has 0 radical (unpaired) electrons. The number of aromatic nitrogens is 1. The van der Waals surface area contributed by atoms with Gasteiger partial charge in [-0.2, -0.15) is 0 Å². The van der Waals surface area contributed by atoms with E-state index in [1.54, 1.807) is 18.0 Å². The molecule has 0 aromatic carbocycles. The molecular formula is C17H21N3O2S. The van der Waals surface area contributed by atoms with E-state index in [1.807, 2.05) is 22.1 Å². The molecule has 0 spiro atoms. The second-order valence-electron chi connectivity index (χ2n) is 6.55. The van der Waals surface area contributed by atoms with Gasteiger partial charge in [0.05, 0.1) is 11.6 Å². The molecule has 1 saturated carbocycles. The molecule has 1 aromatic heterocycles. The molecule has 23 heavy (non-hydrogen) atoms. The molecule has 2 amide bonds. The SMILES string of the molecule is O=C(C1CSCN1C(=O)C1CCCC1)N1CCc2cnccc21. The Morgan fingerprint density at radius 3 is 2.87 bits per heavy atom. The number of pyridine rings is 1. The Morgan fingerprint density at radius 2 is 2.04 bits per heavy atom. The van der Waals surface area contributed by atoms with Crippen LogP contribution < -0.4 is 4.90 Å². The first-order valence-corrected chi connectivity index (χ1v) is 9.53. The van der Waals surface area contributed by atoms with Gasteiger partial charge in [0.15, 0.2) is 0 Å². The number of fused-ring (bicyclic) bond motifs is 1. The maximum Gasteiger partial charge on any atom is 0.250 e. The molecule has 4 rings (SSSR count). The number of carbonyl (C=O) groups excluding carboxylic acids is 2. The molecule has 5 nitrogen and oxygen atoms in total. The topological polar surface area (TPSA) is 53.5 Å². The van der Waals surface area contributed by atoms with E-state index in [-0.39, 0.29) is 23.8 Å². The van der Waals surface area contributed by atoms with Gasteiger partial charge in [0, 0.05) is 30.6 Å². The van der Waals surface area contributed by atoms with Gasteiger partial charge in [-0.15, -0.1) is 11.8 Å². The Morgan fingerprint density at radius 1 is 1.22 bits per heavy atom. The molecular weight excluding hydrogens is 310 g/mol. The van der Waals surface area contributed by atoms with Gasteiger partial charge in [-0.1, -0.05) is 12.8 Å². The molecule has 1 aromatic rings. The van der Waals surface area contributed by atoms with Crippen LogP contribution in [0.15, 0.2) is 18.5 Å². The zero-order valence-electron chi connectivity index (χ0n) is 13.1. The Bertz CT molecular complexity index is 630. The van der Waals surface area contributed by atoms with Crippen LogP contribution in [0, 0.1) is 5.92 Å². The third-order valence-electron chi connectivity index (χ3n) is 5.19. The molecule has 3 aliphatic rings. The number of anilines is 1. The summed E-state index contributed by atoms with van der Waals surface area (Å²) in [7, 11) is 0. The number of nitrogens with zero attached hydrogens (tertiary/aromatic N) is 3. The average molecular weight is 331 g/mol. The molecule has 0 N–H and O–H groups in total. The minimum Gasteiger partial charge on any atom is -0.320 e. The summed E-state index contributed by atoms with van der Waals surface area (Å²) in [5, 5.41) is 0. The first-order chi connectivity index (χ1) is 11.3. The fraction of sp³-hybridized carbons (Fsp3) is 0.588. The van der Waals surface area contributed by atoms with Crippen molar-refractivity contribution in [2.45, 2.75) is 38.1 Å². The van der Waals surface area contributed by atoms with Crippen molar-refractivity contribution in [1.82, 2.24) is 9.88 Å². The van der Waals surface area contributed by atoms with Gasteiger partial charge in [0.25, 0.3) is 5.91 Å². The van der Waals surface area contributed by atoms with E-state index in [0.717, 1.165) is 43.4 Å². The van der Waals surface area contributed by atoms with Crippen molar-refractivity contribution in [3.63, 3.8) is 0 Å². The van der Waals surface area contributed by atoms with Crippen molar-refractivity contribution in [2.75, 3.05) is 23.1 Å². The standard InChI is InChI=1S/C17H21N3O2S/c21-16(12-3-1-2-4-12)20-11-23-10-15(20)17(22)19-8-6-13-9-18-7-5-14(13)19/h5,7,9,12,15H,1-4,6,8,10-11H2. The minimum absolute atomic E-state index is 0.0753. The van der Waals surface area contributed by atoms with Crippen LogP contribution in [-0.4, -0.2) is 45.9 Å². The lowest BCUT2D eigenvalue weighted by Gasteiger charge is -2.29. The lowest BCUT2D eigenvalue weighted by Crippen LogP contribution is -2.50. The number of rotatable bonds is 2. The molecule has 6 heteroatoms. The molecule has 2 aliphatic heterocycles. The van der Waals surface area contributed by atoms with Gasteiger partial charge < -0.3 is 9.80 Å². The van der Waals surface area contributed by atoms with Gasteiger partial charge >= 0.3 is 0 Å². The molecule has 122 valence electrons. The van der Waals surface area contributed by atoms with E-state index in [0.29, 0.717) is 18.2 Å². The molecule has 3 heterocycles. The van der Waals surface area contributed by atoms with Gasteiger partial charge in [-0.25, -0.2) is 0 Å². The number of amides is 2. The second kappa shape index (κ2) is 6.15. The highest BCUT2D eigenvalue weighted by molar-refractivity contribution is 7.99. The molecule has 1 saturated heterocycles. The summed E-state index contributed by atoms with van der Waals surface area (Å²) >= 11 is 1.69. The minimum atomic E-state index is -0.299. The summed E-state index contributed by atoms with van der Waals surface area (Å²) in [5.41, 5.74) is 2.09. The first-order valence-electron chi connectivity index (χ1n) is 8.38. The molecule has 1 unspecified atom stereocenters. The van der Waals surface area contributed by atoms with Gasteiger partial charge in [-0.3, -0.25) is 14.6 Å². The summed E-state index contributed by atoms with van der Waals surface area (Å²) in [5.74, 6) is 1.78. The van der Waals surface area contributed by atoms with Crippen LogP contribution in [0.25, 0.3) is 0 Å². The lowest BCUT2D eigenvalue weighted by atomic mass is 10.1. The summed E-state index contributed by atoms with van der Waals surface area (Å²) < 4.78 is 0. The number of thioether (sulfide) groups is 1. The number of hydrogen-bond donors (Lipinski definition) is 0. The average Bonchev–Trinajstić information content (AvgIpc) is 3.33.